The Morgan fingerprint density at radius 3 is 2.33 bits per heavy atom. The van der Waals surface area contributed by atoms with Gasteiger partial charge in [0.2, 0.25) is 0 Å². The van der Waals surface area contributed by atoms with Crippen LogP contribution in [0.4, 0.5) is 0 Å². The number of aliphatic imine (C=N–C) groups is 1. The van der Waals surface area contributed by atoms with Gasteiger partial charge in [-0.2, -0.15) is 0 Å². The molecule has 0 amide bonds. The van der Waals surface area contributed by atoms with Crippen molar-refractivity contribution in [2.24, 2.45) is 16.1 Å². The van der Waals surface area contributed by atoms with E-state index in [1.54, 1.807) is 0 Å². The van der Waals surface area contributed by atoms with Gasteiger partial charge in [0.15, 0.2) is 0 Å². The van der Waals surface area contributed by atoms with E-state index in [1.165, 1.54) is 0 Å². The highest BCUT2D eigenvalue weighted by atomic mass is 16.4. The first kappa shape index (κ1) is 10.9. The summed E-state index contributed by atoms with van der Waals surface area (Å²) in [5.41, 5.74) is 5.43. The molecule has 0 aliphatic carbocycles. The van der Waals surface area contributed by atoms with Gasteiger partial charge in [0.25, 0.3) is 0 Å². The summed E-state index contributed by atoms with van der Waals surface area (Å²) in [7, 11) is 0. The van der Waals surface area contributed by atoms with E-state index < -0.39 is 5.97 Å². The Balaban J connectivity index is 3.94. The van der Waals surface area contributed by atoms with Gasteiger partial charge in [-0.05, 0) is 0 Å². The molecular weight excluding hydrogens is 156 g/mol. The monoisotopic (exact) mass is 172 g/mol. The second-order valence-corrected chi connectivity index (χ2v) is 3.66. The van der Waals surface area contributed by atoms with E-state index >= 15 is 0 Å². The van der Waals surface area contributed by atoms with Crippen molar-refractivity contribution in [2.45, 2.75) is 27.2 Å². The van der Waals surface area contributed by atoms with Crippen LogP contribution in [-0.2, 0) is 4.79 Å². The molecule has 0 radical (unpaired) electrons. The molecule has 0 atom stereocenters. The van der Waals surface area contributed by atoms with Crippen molar-refractivity contribution in [2.75, 3.05) is 6.54 Å². The van der Waals surface area contributed by atoms with Crippen molar-refractivity contribution in [3.8, 4) is 0 Å². The molecule has 0 rings (SSSR count). The summed E-state index contributed by atoms with van der Waals surface area (Å²) >= 11 is 0. The van der Waals surface area contributed by atoms with Crippen molar-refractivity contribution in [3.63, 3.8) is 0 Å². The van der Waals surface area contributed by atoms with Gasteiger partial charge in [-0.3, -0.25) is 9.79 Å². The summed E-state index contributed by atoms with van der Waals surface area (Å²) in [6.45, 7) is 6.07. The molecule has 4 heteroatoms. The first-order chi connectivity index (χ1) is 5.34. The predicted molar refractivity (Wildman–Crippen MR) is 48.2 cm³/mol. The lowest BCUT2D eigenvalue weighted by molar-refractivity contribution is -0.136. The Labute approximate surface area is 72.5 Å². The third-order valence-corrected chi connectivity index (χ3v) is 1.38. The zero-order valence-corrected chi connectivity index (χ0v) is 7.79. The number of nitrogens with zero attached hydrogens (tertiary/aromatic N) is 1. The van der Waals surface area contributed by atoms with Crippen LogP contribution in [0, 0.1) is 5.41 Å². The summed E-state index contributed by atoms with van der Waals surface area (Å²) in [5.74, 6) is -0.343. The Morgan fingerprint density at radius 1 is 1.50 bits per heavy atom. The summed E-state index contributed by atoms with van der Waals surface area (Å²) < 4.78 is 0. The fraction of sp³-hybridized carbons (Fsp3) is 0.750. The molecule has 0 aliphatic rings. The number of amidine groups is 1. The van der Waals surface area contributed by atoms with Crippen LogP contribution in [0.2, 0.25) is 0 Å². The SMILES string of the molecule is CC(C)(C)C(N)=NCCC(=O)O. The first-order valence-electron chi connectivity index (χ1n) is 3.86. The Bertz CT molecular complexity index is 192. The third-order valence-electron chi connectivity index (χ3n) is 1.38. The standard InChI is InChI=1S/C8H16N2O2/c1-8(2,3)7(9)10-5-4-6(11)12/h4-5H2,1-3H3,(H2,9,10)(H,11,12). The van der Waals surface area contributed by atoms with Crippen LogP contribution in [-0.4, -0.2) is 23.5 Å². The summed E-state index contributed by atoms with van der Waals surface area (Å²) in [6, 6.07) is 0. The number of hydrogen-bond donors (Lipinski definition) is 2. The number of aliphatic carboxylic acids is 1. The maximum Gasteiger partial charge on any atom is 0.305 e. The molecule has 0 fully saturated rings. The second kappa shape index (κ2) is 4.09. The van der Waals surface area contributed by atoms with Crippen LogP contribution in [0.25, 0.3) is 0 Å². The molecule has 0 aromatic carbocycles. The number of rotatable bonds is 3. The molecule has 0 saturated carbocycles. The number of hydrogen-bond acceptors (Lipinski definition) is 2. The fourth-order valence-corrected chi connectivity index (χ4v) is 0.509. The minimum Gasteiger partial charge on any atom is -0.481 e. The maximum atomic E-state index is 10.1. The molecule has 0 heterocycles. The zero-order valence-electron chi connectivity index (χ0n) is 7.79. The van der Waals surface area contributed by atoms with E-state index in [0.29, 0.717) is 5.84 Å². The topological polar surface area (TPSA) is 75.7 Å². The molecule has 0 spiro atoms. The molecule has 3 N–H and O–H groups in total. The molecule has 0 saturated heterocycles. The predicted octanol–water partition coefficient (Wildman–Crippen LogP) is 0.864. The highest BCUT2D eigenvalue weighted by molar-refractivity contribution is 5.85. The van der Waals surface area contributed by atoms with Gasteiger partial charge in [-0.1, -0.05) is 20.8 Å². The summed E-state index contributed by atoms with van der Waals surface area (Å²) in [4.78, 5) is 14.1. The number of carboxylic acids is 1. The smallest absolute Gasteiger partial charge is 0.305 e. The fourth-order valence-electron chi connectivity index (χ4n) is 0.509. The maximum absolute atomic E-state index is 10.1. The minimum absolute atomic E-state index is 0.0385. The van der Waals surface area contributed by atoms with E-state index in [2.05, 4.69) is 4.99 Å². The number of carboxylic acid groups (broad SMARTS) is 1. The van der Waals surface area contributed by atoms with E-state index in [4.69, 9.17) is 10.8 Å². The van der Waals surface area contributed by atoms with E-state index in [-0.39, 0.29) is 18.4 Å². The van der Waals surface area contributed by atoms with Crippen molar-refractivity contribution in [1.82, 2.24) is 0 Å². The van der Waals surface area contributed by atoms with E-state index in [1.807, 2.05) is 20.8 Å². The largest absolute Gasteiger partial charge is 0.481 e. The second-order valence-electron chi connectivity index (χ2n) is 3.66. The van der Waals surface area contributed by atoms with Crippen molar-refractivity contribution < 1.29 is 9.90 Å². The van der Waals surface area contributed by atoms with Crippen molar-refractivity contribution in [1.29, 1.82) is 0 Å². The molecule has 0 aliphatic heterocycles. The number of nitrogens with two attached hydrogens (primary N) is 1. The molecule has 0 unspecified atom stereocenters. The van der Waals surface area contributed by atoms with Gasteiger partial charge >= 0.3 is 5.97 Å². The normalized spacial score (nSPS) is 13.1. The third kappa shape index (κ3) is 4.71. The van der Waals surface area contributed by atoms with Crippen LogP contribution < -0.4 is 5.73 Å². The van der Waals surface area contributed by atoms with Gasteiger partial charge in [0, 0.05) is 5.41 Å². The average Bonchev–Trinajstić information content (AvgIpc) is 1.84. The average molecular weight is 172 g/mol. The lowest BCUT2D eigenvalue weighted by Gasteiger charge is -2.16. The van der Waals surface area contributed by atoms with Crippen molar-refractivity contribution >= 4 is 11.8 Å². The quantitative estimate of drug-likeness (QED) is 0.489. The lowest BCUT2D eigenvalue weighted by Crippen LogP contribution is -2.29. The highest BCUT2D eigenvalue weighted by Crippen LogP contribution is 2.12. The van der Waals surface area contributed by atoms with Gasteiger partial charge < -0.3 is 10.8 Å². The Hall–Kier alpha value is -1.06. The molecule has 12 heavy (non-hydrogen) atoms. The number of carbonyl (C=O) groups is 1. The minimum atomic E-state index is -0.847. The van der Waals surface area contributed by atoms with Gasteiger partial charge in [0.05, 0.1) is 18.8 Å². The van der Waals surface area contributed by atoms with Crippen LogP contribution in [0.5, 0.6) is 0 Å². The van der Waals surface area contributed by atoms with Gasteiger partial charge in [-0.15, -0.1) is 0 Å². The van der Waals surface area contributed by atoms with E-state index in [0.717, 1.165) is 0 Å². The van der Waals surface area contributed by atoms with Crippen LogP contribution in [0.15, 0.2) is 4.99 Å². The van der Waals surface area contributed by atoms with Gasteiger partial charge in [-0.25, -0.2) is 0 Å². The van der Waals surface area contributed by atoms with E-state index in [9.17, 15) is 4.79 Å². The highest BCUT2D eigenvalue weighted by Gasteiger charge is 2.14. The van der Waals surface area contributed by atoms with Crippen LogP contribution in [0.3, 0.4) is 0 Å². The molecular formula is C8H16N2O2. The Morgan fingerprint density at radius 2 is 2.00 bits per heavy atom. The van der Waals surface area contributed by atoms with Crippen LogP contribution in [0.1, 0.15) is 27.2 Å². The first-order valence-corrected chi connectivity index (χ1v) is 3.86. The molecule has 0 bridgehead atoms. The van der Waals surface area contributed by atoms with Crippen molar-refractivity contribution in [3.05, 3.63) is 0 Å². The lowest BCUT2D eigenvalue weighted by atomic mass is 9.95. The zero-order chi connectivity index (χ0) is 9.78. The molecule has 4 nitrogen and oxygen atoms in total. The molecule has 70 valence electrons. The summed E-state index contributed by atoms with van der Waals surface area (Å²) in [6.07, 6.45) is 0.0385. The van der Waals surface area contributed by atoms with Crippen LogP contribution >= 0.6 is 0 Å². The molecule has 0 aromatic rings. The van der Waals surface area contributed by atoms with Gasteiger partial charge in [0.1, 0.15) is 0 Å². The summed E-state index contributed by atoms with van der Waals surface area (Å²) in [5, 5.41) is 8.32. The molecule has 0 aromatic heterocycles. The Kier molecular flexibility index (Phi) is 3.73.